The minimum Gasteiger partial charge on any atom is -0.324 e. The maximum absolute atomic E-state index is 12.2. The fourth-order valence-electron chi connectivity index (χ4n) is 2.52. The Bertz CT molecular complexity index is 417. The third-order valence-electron chi connectivity index (χ3n) is 3.58. The smallest absolute Gasteiger partial charge is 0.321 e. The van der Waals surface area contributed by atoms with E-state index in [1.807, 2.05) is 23.1 Å². The van der Waals surface area contributed by atoms with Crippen molar-refractivity contribution in [1.82, 2.24) is 4.90 Å². The van der Waals surface area contributed by atoms with Crippen LogP contribution in [0.1, 0.15) is 32.3 Å². The zero-order valence-corrected chi connectivity index (χ0v) is 11.3. The monoisotopic (exact) mass is 246 g/mol. The zero-order valence-electron chi connectivity index (χ0n) is 11.3. The lowest BCUT2D eigenvalue weighted by atomic mass is 10.0. The molecule has 1 saturated heterocycles. The zero-order chi connectivity index (χ0) is 13.0. The Hall–Kier alpha value is -1.51. The molecule has 18 heavy (non-hydrogen) atoms. The lowest BCUT2D eigenvalue weighted by molar-refractivity contribution is 0.182. The van der Waals surface area contributed by atoms with Crippen molar-refractivity contribution < 1.29 is 4.79 Å². The van der Waals surface area contributed by atoms with Gasteiger partial charge in [-0.1, -0.05) is 32.0 Å². The van der Waals surface area contributed by atoms with Crippen LogP contribution >= 0.6 is 0 Å². The molecule has 1 unspecified atom stereocenters. The van der Waals surface area contributed by atoms with Gasteiger partial charge in [0.1, 0.15) is 0 Å². The van der Waals surface area contributed by atoms with E-state index in [0.29, 0.717) is 5.92 Å². The Kier molecular flexibility index (Phi) is 4.24. The summed E-state index contributed by atoms with van der Waals surface area (Å²) in [5.41, 5.74) is 2.14. The highest BCUT2D eigenvalue weighted by molar-refractivity contribution is 5.90. The van der Waals surface area contributed by atoms with Crippen molar-refractivity contribution in [3.63, 3.8) is 0 Å². The van der Waals surface area contributed by atoms with Gasteiger partial charge in [0.15, 0.2) is 0 Å². The molecule has 0 aliphatic carbocycles. The topological polar surface area (TPSA) is 32.3 Å². The number of nitrogens with one attached hydrogen (secondary N) is 1. The quantitative estimate of drug-likeness (QED) is 0.851. The lowest BCUT2D eigenvalue weighted by Crippen LogP contribution is -2.41. The number of nitrogens with zero attached hydrogens (tertiary/aromatic N) is 1. The number of para-hydroxylation sites is 1. The van der Waals surface area contributed by atoms with Crippen LogP contribution in [-0.4, -0.2) is 24.0 Å². The second-order valence-electron chi connectivity index (χ2n) is 5.13. The maximum atomic E-state index is 12.2. The molecule has 1 aromatic rings. The first-order chi connectivity index (χ1) is 8.70. The summed E-state index contributed by atoms with van der Waals surface area (Å²) < 4.78 is 0. The van der Waals surface area contributed by atoms with Crippen LogP contribution in [0.15, 0.2) is 24.3 Å². The van der Waals surface area contributed by atoms with Crippen molar-refractivity contribution in [2.75, 3.05) is 18.4 Å². The van der Waals surface area contributed by atoms with Gasteiger partial charge < -0.3 is 10.2 Å². The molecule has 1 aliphatic heterocycles. The highest BCUT2D eigenvalue weighted by Gasteiger charge is 2.21. The van der Waals surface area contributed by atoms with Gasteiger partial charge in [-0.05, 0) is 36.8 Å². The van der Waals surface area contributed by atoms with Gasteiger partial charge in [-0.15, -0.1) is 0 Å². The van der Waals surface area contributed by atoms with Gasteiger partial charge in [0.05, 0.1) is 0 Å². The summed E-state index contributed by atoms with van der Waals surface area (Å²) in [5.74, 6) is 0.617. The second kappa shape index (κ2) is 5.89. The van der Waals surface area contributed by atoms with Crippen LogP contribution in [0.5, 0.6) is 0 Å². The van der Waals surface area contributed by atoms with Gasteiger partial charge in [-0.2, -0.15) is 0 Å². The van der Waals surface area contributed by atoms with E-state index in [-0.39, 0.29) is 6.03 Å². The average Bonchev–Trinajstić information content (AvgIpc) is 2.39. The molecule has 0 bridgehead atoms. The molecular formula is C15H22N2O. The van der Waals surface area contributed by atoms with Gasteiger partial charge in [-0.25, -0.2) is 4.79 Å². The van der Waals surface area contributed by atoms with Gasteiger partial charge in [0.25, 0.3) is 0 Å². The predicted molar refractivity (Wildman–Crippen MR) is 74.8 cm³/mol. The Morgan fingerprint density at radius 1 is 1.44 bits per heavy atom. The highest BCUT2D eigenvalue weighted by Crippen LogP contribution is 2.19. The first-order valence-electron chi connectivity index (χ1n) is 6.84. The molecule has 1 fully saturated rings. The largest absolute Gasteiger partial charge is 0.324 e. The Labute approximate surface area is 109 Å². The van der Waals surface area contributed by atoms with Crippen molar-refractivity contribution in [3.05, 3.63) is 29.8 Å². The number of amides is 2. The minimum atomic E-state index is 0.0439. The molecule has 2 rings (SSSR count). The molecule has 1 N–H and O–H groups in total. The normalized spacial score (nSPS) is 19.7. The minimum absolute atomic E-state index is 0.0439. The summed E-state index contributed by atoms with van der Waals surface area (Å²) in [6.45, 7) is 6.07. The van der Waals surface area contributed by atoms with E-state index in [1.54, 1.807) is 0 Å². The van der Waals surface area contributed by atoms with Crippen LogP contribution in [0.4, 0.5) is 10.5 Å². The molecule has 1 atom stereocenters. The van der Waals surface area contributed by atoms with Crippen LogP contribution < -0.4 is 5.32 Å². The van der Waals surface area contributed by atoms with E-state index in [2.05, 4.69) is 25.2 Å². The molecule has 1 heterocycles. The maximum Gasteiger partial charge on any atom is 0.321 e. The fourth-order valence-corrected chi connectivity index (χ4v) is 2.52. The number of anilines is 1. The van der Waals surface area contributed by atoms with E-state index in [4.69, 9.17) is 0 Å². The molecule has 1 aromatic carbocycles. The summed E-state index contributed by atoms with van der Waals surface area (Å²) in [6.07, 6.45) is 3.28. The third-order valence-corrected chi connectivity index (χ3v) is 3.58. The average molecular weight is 246 g/mol. The predicted octanol–water partition coefficient (Wildman–Crippen LogP) is 3.51. The van der Waals surface area contributed by atoms with Crippen molar-refractivity contribution in [2.45, 2.75) is 33.1 Å². The first-order valence-corrected chi connectivity index (χ1v) is 6.84. The number of benzene rings is 1. The molecule has 3 nitrogen and oxygen atoms in total. The lowest BCUT2D eigenvalue weighted by Gasteiger charge is -2.31. The summed E-state index contributed by atoms with van der Waals surface area (Å²) in [4.78, 5) is 14.1. The second-order valence-corrected chi connectivity index (χ2v) is 5.13. The van der Waals surface area contributed by atoms with Gasteiger partial charge in [0.2, 0.25) is 0 Å². The third kappa shape index (κ3) is 3.03. The molecule has 98 valence electrons. The molecule has 0 spiro atoms. The summed E-state index contributed by atoms with van der Waals surface area (Å²) in [7, 11) is 0. The number of piperidine rings is 1. The molecule has 3 heteroatoms. The number of hydrogen-bond acceptors (Lipinski definition) is 1. The standard InChI is InChI=1S/C15H22N2O/c1-3-13-8-4-5-9-14(13)16-15(18)17-10-6-7-12(2)11-17/h4-5,8-9,12H,3,6-7,10-11H2,1-2H3,(H,16,18). The SMILES string of the molecule is CCc1ccccc1NC(=O)N1CCCC(C)C1. The number of aryl methyl sites for hydroxylation is 1. The highest BCUT2D eigenvalue weighted by atomic mass is 16.2. The van der Waals surface area contributed by atoms with Gasteiger partial charge >= 0.3 is 6.03 Å². The number of urea groups is 1. The van der Waals surface area contributed by atoms with Crippen LogP contribution in [0, 0.1) is 5.92 Å². The molecule has 2 amide bonds. The number of likely N-dealkylation sites (tertiary alicyclic amines) is 1. The van der Waals surface area contributed by atoms with E-state index in [0.717, 1.165) is 31.6 Å². The van der Waals surface area contributed by atoms with Gasteiger partial charge in [0, 0.05) is 18.8 Å². The molecule has 0 saturated carbocycles. The van der Waals surface area contributed by atoms with E-state index in [9.17, 15) is 4.79 Å². The molecule has 1 aliphatic rings. The number of hydrogen-bond donors (Lipinski definition) is 1. The van der Waals surface area contributed by atoms with Crippen molar-refractivity contribution >= 4 is 11.7 Å². The summed E-state index contributed by atoms with van der Waals surface area (Å²) in [5, 5.41) is 3.04. The number of rotatable bonds is 2. The first kappa shape index (κ1) is 12.9. The van der Waals surface area contributed by atoms with Crippen LogP contribution in [0.3, 0.4) is 0 Å². The van der Waals surface area contributed by atoms with E-state index < -0.39 is 0 Å². The van der Waals surface area contributed by atoms with Crippen molar-refractivity contribution in [2.24, 2.45) is 5.92 Å². The van der Waals surface area contributed by atoms with Crippen LogP contribution in [-0.2, 0) is 6.42 Å². The Morgan fingerprint density at radius 3 is 2.94 bits per heavy atom. The summed E-state index contributed by atoms with van der Waals surface area (Å²) in [6, 6.07) is 8.06. The molecule has 0 aromatic heterocycles. The Balaban J connectivity index is 2.02. The van der Waals surface area contributed by atoms with Gasteiger partial charge in [-0.3, -0.25) is 0 Å². The van der Waals surface area contributed by atoms with Crippen molar-refractivity contribution in [1.29, 1.82) is 0 Å². The molecular weight excluding hydrogens is 224 g/mol. The number of carbonyl (C=O) groups is 1. The van der Waals surface area contributed by atoms with E-state index in [1.165, 1.54) is 12.0 Å². The van der Waals surface area contributed by atoms with E-state index >= 15 is 0 Å². The van der Waals surface area contributed by atoms with Crippen LogP contribution in [0.25, 0.3) is 0 Å². The Morgan fingerprint density at radius 2 is 2.22 bits per heavy atom. The van der Waals surface area contributed by atoms with Crippen LogP contribution in [0.2, 0.25) is 0 Å². The summed E-state index contributed by atoms with van der Waals surface area (Å²) >= 11 is 0. The molecule has 0 radical (unpaired) electrons. The number of carbonyl (C=O) groups excluding carboxylic acids is 1. The van der Waals surface area contributed by atoms with Crippen molar-refractivity contribution in [3.8, 4) is 0 Å². The fraction of sp³-hybridized carbons (Fsp3) is 0.533.